The van der Waals surface area contributed by atoms with Crippen molar-refractivity contribution in [2.45, 2.75) is 32.2 Å². The predicted molar refractivity (Wildman–Crippen MR) is 69.5 cm³/mol. The summed E-state index contributed by atoms with van der Waals surface area (Å²) in [6, 6.07) is 0. The number of nitrogens with one attached hydrogen (secondary N) is 1. The number of thiazole rings is 1. The van der Waals surface area contributed by atoms with Gasteiger partial charge in [-0.05, 0) is 20.3 Å². The zero-order valence-corrected chi connectivity index (χ0v) is 11.7. The largest absolute Gasteiger partial charge is 0.481 e. The number of amides is 1. The van der Waals surface area contributed by atoms with Crippen LogP contribution < -0.4 is 5.32 Å². The molecule has 6 nitrogen and oxygen atoms in total. The Morgan fingerprint density at radius 2 is 2.26 bits per heavy atom. The highest BCUT2D eigenvalue weighted by molar-refractivity contribution is 7.11. The van der Waals surface area contributed by atoms with Crippen LogP contribution in [0, 0.1) is 13.8 Å². The van der Waals surface area contributed by atoms with Crippen LogP contribution in [0.5, 0.6) is 0 Å². The summed E-state index contributed by atoms with van der Waals surface area (Å²) in [7, 11) is 0. The molecule has 0 aliphatic carbocycles. The Labute approximate surface area is 114 Å². The van der Waals surface area contributed by atoms with Gasteiger partial charge in [0.1, 0.15) is 5.69 Å². The monoisotopic (exact) mass is 284 g/mol. The van der Waals surface area contributed by atoms with Crippen molar-refractivity contribution in [2.75, 3.05) is 13.2 Å². The Morgan fingerprint density at radius 3 is 2.74 bits per heavy atom. The Hall–Kier alpha value is -1.47. The highest BCUT2D eigenvalue weighted by atomic mass is 32.1. The molecule has 1 saturated heterocycles. The minimum Gasteiger partial charge on any atom is -0.481 e. The van der Waals surface area contributed by atoms with Gasteiger partial charge in [-0.3, -0.25) is 9.59 Å². The Balaban J connectivity index is 2.15. The number of carboxylic acid groups (broad SMARTS) is 1. The molecular weight excluding hydrogens is 268 g/mol. The van der Waals surface area contributed by atoms with Gasteiger partial charge >= 0.3 is 5.97 Å². The summed E-state index contributed by atoms with van der Waals surface area (Å²) in [5, 5.41) is 12.6. The van der Waals surface area contributed by atoms with Crippen molar-refractivity contribution in [2.24, 2.45) is 0 Å². The van der Waals surface area contributed by atoms with E-state index in [1.807, 2.05) is 13.8 Å². The Kier molecular flexibility index (Phi) is 3.86. The third-order valence-electron chi connectivity index (χ3n) is 3.09. The molecule has 1 aromatic heterocycles. The van der Waals surface area contributed by atoms with Crippen molar-refractivity contribution in [3.8, 4) is 0 Å². The van der Waals surface area contributed by atoms with Crippen LogP contribution in [-0.2, 0) is 9.53 Å². The van der Waals surface area contributed by atoms with Crippen molar-refractivity contribution < 1.29 is 19.4 Å². The quantitative estimate of drug-likeness (QED) is 0.865. The predicted octanol–water partition coefficient (Wildman–Crippen LogP) is 1.12. The number of aliphatic carboxylic acids is 1. The number of hydrogen-bond donors (Lipinski definition) is 2. The van der Waals surface area contributed by atoms with Gasteiger partial charge in [0.2, 0.25) is 0 Å². The number of nitrogens with zero attached hydrogens (tertiary/aromatic N) is 1. The molecule has 7 heteroatoms. The van der Waals surface area contributed by atoms with Crippen LogP contribution >= 0.6 is 11.3 Å². The fourth-order valence-corrected chi connectivity index (χ4v) is 3.03. The van der Waals surface area contributed by atoms with E-state index >= 15 is 0 Å². The molecule has 1 amide bonds. The minimum atomic E-state index is -0.947. The van der Waals surface area contributed by atoms with Crippen LogP contribution in [0.4, 0.5) is 0 Å². The second-order valence-electron chi connectivity index (χ2n) is 4.75. The Bertz CT molecular complexity index is 506. The highest BCUT2D eigenvalue weighted by Crippen LogP contribution is 2.24. The van der Waals surface area contributed by atoms with Gasteiger partial charge in [-0.25, -0.2) is 4.98 Å². The van der Waals surface area contributed by atoms with Gasteiger partial charge in [-0.15, -0.1) is 11.3 Å². The van der Waals surface area contributed by atoms with E-state index in [2.05, 4.69) is 10.3 Å². The lowest BCUT2D eigenvalue weighted by Gasteiger charge is -2.26. The van der Waals surface area contributed by atoms with Gasteiger partial charge in [0.25, 0.3) is 5.91 Å². The number of carbonyl (C=O) groups excluding carboxylic acids is 1. The molecule has 2 heterocycles. The molecule has 104 valence electrons. The van der Waals surface area contributed by atoms with Crippen molar-refractivity contribution in [3.05, 3.63) is 15.6 Å². The fourth-order valence-electron chi connectivity index (χ4n) is 2.22. The molecule has 1 aliphatic rings. The van der Waals surface area contributed by atoms with Crippen LogP contribution in [0.1, 0.15) is 33.2 Å². The third-order valence-corrected chi connectivity index (χ3v) is 3.98. The van der Waals surface area contributed by atoms with Gasteiger partial charge in [-0.2, -0.15) is 0 Å². The zero-order valence-electron chi connectivity index (χ0n) is 10.9. The average molecular weight is 284 g/mol. The van der Waals surface area contributed by atoms with Crippen molar-refractivity contribution >= 4 is 23.2 Å². The highest BCUT2D eigenvalue weighted by Gasteiger charge is 2.39. The van der Waals surface area contributed by atoms with Crippen molar-refractivity contribution in [1.29, 1.82) is 0 Å². The molecule has 1 aromatic rings. The minimum absolute atomic E-state index is 0.138. The molecule has 2 N–H and O–H groups in total. The van der Waals surface area contributed by atoms with E-state index in [0.717, 1.165) is 9.88 Å². The van der Waals surface area contributed by atoms with E-state index in [4.69, 9.17) is 9.84 Å². The number of carbonyl (C=O) groups is 2. The van der Waals surface area contributed by atoms with Crippen LogP contribution in [0.15, 0.2) is 0 Å². The van der Waals surface area contributed by atoms with E-state index in [9.17, 15) is 9.59 Å². The van der Waals surface area contributed by atoms with E-state index in [0.29, 0.717) is 18.7 Å². The topological polar surface area (TPSA) is 88.5 Å². The van der Waals surface area contributed by atoms with Crippen LogP contribution in [-0.4, -0.2) is 40.7 Å². The lowest BCUT2D eigenvalue weighted by atomic mass is 9.94. The lowest BCUT2D eigenvalue weighted by Crippen LogP contribution is -2.50. The molecule has 2 rings (SSSR count). The van der Waals surface area contributed by atoms with Gasteiger partial charge in [0.05, 0.1) is 23.6 Å². The fraction of sp³-hybridized carbons (Fsp3) is 0.583. The summed E-state index contributed by atoms with van der Waals surface area (Å²) in [6.45, 7) is 4.35. The maximum Gasteiger partial charge on any atom is 0.305 e. The van der Waals surface area contributed by atoms with E-state index < -0.39 is 11.5 Å². The maximum absolute atomic E-state index is 12.2. The molecule has 0 radical (unpaired) electrons. The molecule has 19 heavy (non-hydrogen) atoms. The summed E-state index contributed by atoms with van der Waals surface area (Å²) in [5.74, 6) is -1.27. The number of ether oxygens (including phenoxy) is 1. The summed E-state index contributed by atoms with van der Waals surface area (Å²) in [6.07, 6.45) is 0.369. The molecule has 1 atom stereocenters. The first-order valence-electron chi connectivity index (χ1n) is 5.98. The van der Waals surface area contributed by atoms with Crippen molar-refractivity contribution in [1.82, 2.24) is 10.3 Å². The van der Waals surface area contributed by atoms with E-state index in [1.54, 1.807) is 0 Å². The Morgan fingerprint density at radius 1 is 1.53 bits per heavy atom. The van der Waals surface area contributed by atoms with Crippen LogP contribution in [0.3, 0.4) is 0 Å². The number of rotatable bonds is 4. The molecular formula is C12H16N2O4S. The molecule has 1 fully saturated rings. The standard InChI is InChI=1S/C12H16N2O4S/c1-7-10(13-8(2)19-7)11(17)14-12(5-9(15)16)3-4-18-6-12/h3-6H2,1-2H3,(H,14,17)(H,15,16). The molecule has 0 saturated carbocycles. The lowest BCUT2D eigenvalue weighted by molar-refractivity contribution is -0.138. The first-order valence-corrected chi connectivity index (χ1v) is 6.80. The van der Waals surface area contributed by atoms with Gasteiger partial charge < -0.3 is 15.2 Å². The number of carboxylic acids is 1. The first kappa shape index (κ1) is 14.0. The van der Waals surface area contributed by atoms with Gasteiger partial charge in [0.15, 0.2) is 0 Å². The number of hydrogen-bond acceptors (Lipinski definition) is 5. The van der Waals surface area contributed by atoms with E-state index in [-0.39, 0.29) is 18.9 Å². The number of aromatic nitrogens is 1. The second-order valence-corrected chi connectivity index (χ2v) is 6.15. The normalized spacial score (nSPS) is 22.4. The van der Waals surface area contributed by atoms with E-state index in [1.165, 1.54) is 11.3 Å². The first-order chi connectivity index (χ1) is 8.92. The van der Waals surface area contributed by atoms with Gasteiger partial charge in [-0.1, -0.05) is 0 Å². The smallest absolute Gasteiger partial charge is 0.305 e. The van der Waals surface area contributed by atoms with Crippen molar-refractivity contribution in [3.63, 3.8) is 0 Å². The summed E-state index contributed by atoms with van der Waals surface area (Å²) < 4.78 is 5.24. The molecule has 0 spiro atoms. The zero-order chi connectivity index (χ0) is 14.0. The maximum atomic E-state index is 12.2. The second kappa shape index (κ2) is 5.26. The molecule has 1 unspecified atom stereocenters. The number of aryl methyl sites for hydroxylation is 2. The summed E-state index contributed by atoms with van der Waals surface area (Å²) in [4.78, 5) is 28.1. The summed E-state index contributed by atoms with van der Waals surface area (Å²) >= 11 is 1.45. The molecule has 0 aromatic carbocycles. The SMILES string of the molecule is Cc1nc(C(=O)NC2(CC(=O)O)CCOC2)c(C)s1. The molecule has 1 aliphatic heterocycles. The van der Waals surface area contributed by atoms with Gasteiger partial charge in [0, 0.05) is 11.5 Å². The average Bonchev–Trinajstić information content (AvgIpc) is 2.85. The van der Waals surface area contributed by atoms with Crippen LogP contribution in [0.25, 0.3) is 0 Å². The van der Waals surface area contributed by atoms with Crippen LogP contribution in [0.2, 0.25) is 0 Å². The summed E-state index contributed by atoms with van der Waals surface area (Å²) in [5.41, 5.74) is -0.438. The molecule has 0 bridgehead atoms. The third kappa shape index (κ3) is 3.10.